The van der Waals surface area contributed by atoms with Crippen molar-refractivity contribution in [3.63, 3.8) is 0 Å². The highest BCUT2D eigenvalue weighted by atomic mass is 32.2. The Kier molecular flexibility index (Phi) is 3.64. The van der Waals surface area contributed by atoms with Crippen LogP contribution in [0.15, 0.2) is 46.2 Å². The van der Waals surface area contributed by atoms with Crippen LogP contribution in [0.3, 0.4) is 0 Å². The zero-order chi connectivity index (χ0) is 12.3. The van der Waals surface area contributed by atoms with Crippen LogP contribution in [0.4, 0.5) is 0 Å². The summed E-state index contributed by atoms with van der Waals surface area (Å²) >= 11 is 1.58. The van der Waals surface area contributed by atoms with E-state index in [1.54, 1.807) is 17.8 Å². The maximum Gasteiger partial charge on any atom is 0.253 e. The highest BCUT2D eigenvalue weighted by molar-refractivity contribution is 8.03. The van der Waals surface area contributed by atoms with Crippen LogP contribution in [0.5, 0.6) is 0 Å². The summed E-state index contributed by atoms with van der Waals surface area (Å²) in [5.41, 5.74) is 0. The third kappa shape index (κ3) is 2.97. The zero-order valence-corrected chi connectivity index (χ0v) is 10.4. The second kappa shape index (κ2) is 5.19. The molecule has 0 fully saturated rings. The van der Waals surface area contributed by atoms with Gasteiger partial charge in [-0.25, -0.2) is 0 Å². The molecule has 1 aliphatic rings. The lowest BCUT2D eigenvalue weighted by Crippen LogP contribution is -2.37. The van der Waals surface area contributed by atoms with Gasteiger partial charge in [0.1, 0.15) is 0 Å². The third-order valence-electron chi connectivity index (χ3n) is 2.50. The molecule has 1 aliphatic heterocycles. The van der Waals surface area contributed by atoms with Gasteiger partial charge in [0.15, 0.2) is 0 Å². The molecule has 1 aromatic rings. The van der Waals surface area contributed by atoms with Crippen molar-refractivity contribution in [1.82, 2.24) is 4.90 Å². The molecule has 0 aromatic heterocycles. The van der Waals surface area contributed by atoms with E-state index in [0.717, 1.165) is 16.2 Å². The average molecular weight is 247 g/mol. The first-order valence-corrected chi connectivity index (χ1v) is 6.24. The van der Waals surface area contributed by atoms with E-state index in [1.807, 2.05) is 30.3 Å². The van der Waals surface area contributed by atoms with Crippen molar-refractivity contribution in [1.29, 1.82) is 0 Å². The van der Waals surface area contributed by atoms with Gasteiger partial charge in [-0.05, 0) is 23.5 Å². The molecule has 0 N–H and O–H groups in total. The minimum Gasteiger partial charge on any atom is -0.279 e. The summed E-state index contributed by atoms with van der Waals surface area (Å²) in [6, 6.07) is 9.91. The molecule has 0 aliphatic carbocycles. The van der Waals surface area contributed by atoms with Crippen LogP contribution in [-0.2, 0) is 9.59 Å². The van der Waals surface area contributed by atoms with Crippen molar-refractivity contribution in [3.8, 4) is 0 Å². The van der Waals surface area contributed by atoms with Gasteiger partial charge in [0, 0.05) is 24.4 Å². The molecule has 0 saturated heterocycles. The number of carbonyl (C=O) groups excluding carboxylic acids is 2. The number of carbonyl (C=O) groups is 2. The van der Waals surface area contributed by atoms with Crippen LogP contribution < -0.4 is 0 Å². The predicted molar refractivity (Wildman–Crippen MR) is 67.4 cm³/mol. The van der Waals surface area contributed by atoms with Crippen molar-refractivity contribution < 1.29 is 9.59 Å². The number of nitrogens with zero attached hydrogens (tertiary/aromatic N) is 1. The van der Waals surface area contributed by atoms with E-state index in [4.69, 9.17) is 0 Å². The Hall–Kier alpha value is -1.55. The van der Waals surface area contributed by atoms with Crippen LogP contribution in [0.2, 0.25) is 0 Å². The van der Waals surface area contributed by atoms with Crippen molar-refractivity contribution in [2.45, 2.75) is 18.2 Å². The van der Waals surface area contributed by atoms with Crippen LogP contribution in [0.25, 0.3) is 0 Å². The van der Waals surface area contributed by atoms with Gasteiger partial charge in [0.2, 0.25) is 5.91 Å². The van der Waals surface area contributed by atoms with Gasteiger partial charge in [-0.15, -0.1) is 0 Å². The van der Waals surface area contributed by atoms with Crippen LogP contribution >= 0.6 is 11.8 Å². The number of rotatable bonds is 2. The van der Waals surface area contributed by atoms with Crippen LogP contribution in [0.1, 0.15) is 13.3 Å². The van der Waals surface area contributed by atoms with E-state index >= 15 is 0 Å². The van der Waals surface area contributed by atoms with E-state index < -0.39 is 0 Å². The third-order valence-corrected chi connectivity index (χ3v) is 3.60. The van der Waals surface area contributed by atoms with E-state index in [-0.39, 0.29) is 11.8 Å². The SMILES string of the molecule is CC(=O)N1CCC(Sc2ccccc2)=CC1=O. The van der Waals surface area contributed by atoms with Crippen molar-refractivity contribution in [3.05, 3.63) is 41.3 Å². The Morgan fingerprint density at radius 3 is 2.59 bits per heavy atom. The highest BCUT2D eigenvalue weighted by Gasteiger charge is 2.21. The largest absolute Gasteiger partial charge is 0.279 e. The first-order valence-electron chi connectivity index (χ1n) is 5.42. The zero-order valence-electron chi connectivity index (χ0n) is 9.55. The number of imide groups is 1. The number of hydrogen-bond acceptors (Lipinski definition) is 3. The molecule has 0 atom stereocenters. The van der Waals surface area contributed by atoms with E-state index in [1.165, 1.54) is 11.8 Å². The van der Waals surface area contributed by atoms with Gasteiger partial charge in [0.05, 0.1) is 0 Å². The molecule has 0 unspecified atom stereocenters. The lowest BCUT2D eigenvalue weighted by atomic mass is 10.2. The maximum absolute atomic E-state index is 11.7. The van der Waals surface area contributed by atoms with E-state index in [2.05, 4.69) is 0 Å². The summed E-state index contributed by atoms with van der Waals surface area (Å²) in [7, 11) is 0. The summed E-state index contributed by atoms with van der Waals surface area (Å²) in [6.45, 7) is 1.90. The first-order chi connectivity index (χ1) is 8.16. The van der Waals surface area contributed by atoms with Gasteiger partial charge >= 0.3 is 0 Å². The fraction of sp³-hybridized carbons (Fsp3) is 0.231. The molecule has 0 saturated carbocycles. The van der Waals surface area contributed by atoms with Gasteiger partial charge < -0.3 is 0 Å². The second-order valence-corrected chi connectivity index (χ2v) is 4.98. The molecular formula is C13H13NO2S. The Balaban J connectivity index is 2.08. The standard InChI is InChI=1S/C13H13NO2S/c1-10(15)14-8-7-12(9-13(14)16)17-11-5-3-2-4-6-11/h2-6,9H,7-8H2,1H3. The summed E-state index contributed by atoms with van der Waals surface area (Å²) in [5.74, 6) is -0.391. The minimum atomic E-state index is -0.206. The van der Waals surface area contributed by atoms with Gasteiger partial charge in [-0.1, -0.05) is 30.0 Å². The fourth-order valence-corrected chi connectivity index (χ4v) is 2.60. The van der Waals surface area contributed by atoms with Crippen molar-refractivity contribution in [2.75, 3.05) is 6.54 Å². The average Bonchev–Trinajstić information content (AvgIpc) is 2.30. The minimum absolute atomic E-state index is 0.185. The first kappa shape index (κ1) is 11.9. The predicted octanol–water partition coefficient (Wildman–Crippen LogP) is 2.44. The smallest absolute Gasteiger partial charge is 0.253 e. The number of thioether (sulfide) groups is 1. The Bertz CT molecular complexity index is 468. The summed E-state index contributed by atoms with van der Waals surface area (Å²) in [4.78, 5) is 26.2. The Morgan fingerprint density at radius 2 is 2.00 bits per heavy atom. The lowest BCUT2D eigenvalue weighted by Gasteiger charge is -2.23. The molecular weight excluding hydrogens is 234 g/mol. The molecule has 0 spiro atoms. The number of amides is 2. The van der Waals surface area contributed by atoms with E-state index in [0.29, 0.717) is 6.54 Å². The highest BCUT2D eigenvalue weighted by Crippen LogP contribution is 2.30. The molecule has 17 heavy (non-hydrogen) atoms. The molecule has 3 nitrogen and oxygen atoms in total. The van der Waals surface area contributed by atoms with Crippen molar-refractivity contribution in [2.24, 2.45) is 0 Å². The molecule has 0 radical (unpaired) electrons. The molecule has 0 bridgehead atoms. The Labute approximate surface area is 104 Å². The van der Waals surface area contributed by atoms with Gasteiger partial charge in [0.25, 0.3) is 5.91 Å². The summed E-state index contributed by atoms with van der Waals surface area (Å²) in [6.07, 6.45) is 2.30. The number of hydrogen-bond donors (Lipinski definition) is 0. The summed E-state index contributed by atoms with van der Waals surface area (Å²) in [5, 5.41) is 0. The molecule has 4 heteroatoms. The quantitative estimate of drug-likeness (QED) is 0.805. The monoisotopic (exact) mass is 247 g/mol. The second-order valence-electron chi connectivity index (χ2n) is 3.78. The lowest BCUT2D eigenvalue weighted by molar-refractivity contribution is -0.140. The van der Waals surface area contributed by atoms with E-state index in [9.17, 15) is 9.59 Å². The summed E-state index contributed by atoms with van der Waals surface area (Å²) < 4.78 is 0. The maximum atomic E-state index is 11.7. The fourth-order valence-electron chi connectivity index (χ4n) is 1.65. The normalized spacial score (nSPS) is 15.7. The van der Waals surface area contributed by atoms with Crippen molar-refractivity contribution >= 4 is 23.6 Å². The van der Waals surface area contributed by atoms with Gasteiger partial charge in [-0.2, -0.15) is 0 Å². The molecule has 1 aromatic carbocycles. The molecule has 2 rings (SSSR count). The van der Waals surface area contributed by atoms with Gasteiger partial charge in [-0.3, -0.25) is 14.5 Å². The molecule has 2 amide bonds. The molecule has 1 heterocycles. The van der Waals surface area contributed by atoms with Crippen LogP contribution in [-0.4, -0.2) is 23.3 Å². The van der Waals surface area contributed by atoms with Crippen LogP contribution in [0, 0.1) is 0 Å². The Morgan fingerprint density at radius 1 is 1.29 bits per heavy atom. The topological polar surface area (TPSA) is 37.4 Å². The number of benzene rings is 1. The molecule has 88 valence electrons.